The molecular weight excluding hydrogens is 300 g/mol. The van der Waals surface area contributed by atoms with Gasteiger partial charge in [-0.25, -0.2) is 0 Å². The Morgan fingerprint density at radius 2 is 2.08 bits per heavy atom. The van der Waals surface area contributed by atoms with E-state index in [2.05, 4.69) is 31.0 Å². The minimum Gasteiger partial charge on any atom is -0.374 e. The van der Waals surface area contributed by atoms with E-state index in [0.717, 1.165) is 44.6 Å². The number of carbonyl (C=O) groups is 1. The molecule has 24 heavy (non-hydrogen) atoms. The number of carbonyl (C=O) groups excluding carboxylic acids is 1. The minimum atomic E-state index is -0.0634. The monoisotopic (exact) mass is 332 g/mol. The highest BCUT2D eigenvalue weighted by Crippen LogP contribution is 2.21. The van der Waals surface area contributed by atoms with E-state index in [-0.39, 0.29) is 17.9 Å². The van der Waals surface area contributed by atoms with Crippen LogP contribution in [0.25, 0.3) is 0 Å². The van der Waals surface area contributed by atoms with Crippen molar-refractivity contribution in [3.63, 3.8) is 0 Å². The summed E-state index contributed by atoms with van der Waals surface area (Å²) in [5.41, 5.74) is 1.10. The molecule has 0 aliphatic carbocycles. The lowest BCUT2D eigenvalue weighted by Crippen LogP contribution is -2.48. The second-order valence-electron chi connectivity index (χ2n) is 7.14. The van der Waals surface area contributed by atoms with Crippen LogP contribution in [0, 0.1) is 5.92 Å². The molecule has 1 fully saturated rings. The van der Waals surface area contributed by atoms with E-state index in [1.165, 1.54) is 0 Å². The lowest BCUT2D eigenvalue weighted by Gasteiger charge is -2.34. The first kappa shape index (κ1) is 18.9. The van der Waals surface area contributed by atoms with Gasteiger partial charge in [-0.15, -0.1) is 0 Å². The Morgan fingerprint density at radius 3 is 2.75 bits per heavy atom. The van der Waals surface area contributed by atoms with Gasteiger partial charge in [0.15, 0.2) is 0 Å². The van der Waals surface area contributed by atoms with Gasteiger partial charge in [-0.3, -0.25) is 9.69 Å². The van der Waals surface area contributed by atoms with Crippen LogP contribution in [-0.4, -0.2) is 49.7 Å². The Morgan fingerprint density at radius 1 is 1.33 bits per heavy atom. The average Bonchev–Trinajstić information content (AvgIpc) is 2.58. The fourth-order valence-corrected chi connectivity index (χ4v) is 3.35. The third-order valence-electron chi connectivity index (χ3n) is 4.45. The number of ether oxygens (including phenoxy) is 1. The number of morpholine rings is 1. The molecule has 134 valence electrons. The number of rotatable bonds is 8. The number of hydrogen-bond donors (Lipinski definition) is 1. The molecule has 1 aliphatic rings. The van der Waals surface area contributed by atoms with Crippen LogP contribution < -0.4 is 5.32 Å². The van der Waals surface area contributed by atoms with E-state index in [9.17, 15) is 4.79 Å². The molecule has 1 amide bonds. The molecule has 0 bridgehead atoms. The van der Waals surface area contributed by atoms with Gasteiger partial charge in [0.2, 0.25) is 5.91 Å². The highest BCUT2D eigenvalue weighted by atomic mass is 16.5. The largest absolute Gasteiger partial charge is 0.374 e. The van der Waals surface area contributed by atoms with E-state index in [1.54, 1.807) is 0 Å². The zero-order valence-corrected chi connectivity index (χ0v) is 15.3. The fraction of sp³-hybridized carbons (Fsp3) is 0.650. The molecule has 1 aromatic carbocycles. The van der Waals surface area contributed by atoms with Gasteiger partial charge >= 0.3 is 0 Å². The third-order valence-corrected chi connectivity index (χ3v) is 4.45. The molecule has 2 unspecified atom stereocenters. The highest BCUT2D eigenvalue weighted by molar-refractivity contribution is 5.83. The van der Waals surface area contributed by atoms with Gasteiger partial charge in [0.1, 0.15) is 0 Å². The molecule has 1 heterocycles. The molecule has 0 aromatic heterocycles. The van der Waals surface area contributed by atoms with Gasteiger partial charge in [-0.1, -0.05) is 57.5 Å². The van der Waals surface area contributed by atoms with Gasteiger partial charge < -0.3 is 10.1 Å². The number of benzene rings is 1. The molecule has 1 aliphatic heterocycles. The summed E-state index contributed by atoms with van der Waals surface area (Å²) in [6, 6.07) is 10.1. The van der Waals surface area contributed by atoms with Crippen LogP contribution in [0.1, 0.15) is 45.1 Å². The summed E-state index contributed by atoms with van der Waals surface area (Å²) in [4.78, 5) is 15.1. The standard InChI is InChI=1S/C20H32N2O2/c1-4-8-19(17-9-6-5-7-10-17)20(23)21-13-18-15-22(11-12-24-18)14-16(2)3/h5-7,9-10,16,18-19H,4,8,11-15H2,1-3H3,(H,21,23). The molecule has 1 saturated heterocycles. The van der Waals surface area contributed by atoms with Crippen molar-refractivity contribution in [3.8, 4) is 0 Å². The second kappa shape index (κ2) is 9.80. The topological polar surface area (TPSA) is 41.6 Å². The molecule has 1 N–H and O–H groups in total. The number of hydrogen-bond acceptors (Lipinski definition) is 3. The molecule has 4 nitrogen and oxygen atoms in total. The smallest absolute Gasteiger partial charge is 0.227 e. The molecule has 0 saturated carbocycles. The summed E-state index contributed by atoms with van der Waals surface area (Å²) in [5.74, 6) is 0.713. The maximum Gasteiger partial charge on any atom is 0.227 e. The molecule has 2 atom stereocenters. The molecule has 0 spiro atoms. The van der Waals surface area contributed by atoms with Crippen molar-refractivity contribution in [2.45, 2.75) is 45.6 Å². The Kier molecular flexibility index (Phi) is 7.73. The Hall–Kier alpha value is -1.39. The zero-order valence-electron chi connectivity index (χ0n) is 15.3. The quantitative estimate of drug-likeness (QED) is 0.795. The SMILES string of the molecule is CCCC(C(=O)NCC1CN(CC(C)C)CCO1)c1ccccc1. The fourth-order valence-electron chi connectivity index (χ4n) is 3.35. The van der Waals surface area contributed by atoms with Crippen LogP contribution in [0.3, 0.4) is 0 Å². The summed E-state index contributed by atoms with van der Waals surface area (Å²) >= 11 is 0. The first-order valence-electron chi connectivity index (χ1n) is 9.26. The number of amides is 1. The highest BCUT2D eigenvalue weighted by Gasteiger charge is 2.24. The van der Waals surface area contributed by atoms with Gasteiger partial charge in [0.05, 0.1) is 18.6 Å². The van der Waals surface area contributed by atoms with Gasteiger partial charge in [0.25, 0.3) is 0 Å². The van der Waals surface area contributed by atoms with Gasteiger partial charge in [0, 0.05) is 26.2 Å². The van der Waals surface area contributed by atoms with Crippen LogP contribution in [0.5, 0.6) is 0 Å². The Bertz CT molecular complexity index is 490. The van der Waals surface area contributed by atoms with E-state index in [4.69, 9.17) is 4.74 Å². The van der Waals surface area contributed by atoms with Crippen LogP contribution >= 0.6 is 0 Å². The van der Waals surface area contributed by atoms with Crippen molar-refractivity contribution in [2.75, 3.05) is 32.8 Å². The Balaban J connectivity index is 1.86. The summed E-state index contributed by atoms with van der Waals surface area (Å²) in [5, 5.41) is 3.12. The van der Waals surface area contributed by atoms with Crippen LogP contribution in [0.15, 0.2) is 30.3 Å². The van der Waals surface area contributed by atoms with Crippen molar-refractivity contribution in [1.82, 2.24) is 10.2 Å². The zero-order chi connectivity index (χ0) is 17.4. The summed E-state index contributed by atoms with van der Waals surface area (Å²) < 4.78 is 5.83. The maximum atomic E-state index is 12.7. The van der Waals surface area contributed by atoms with E-state index < -0.39 is 0 Å². The summed E-state index contributed by atoms with van der Waals surface area (Å²) in [6.45, 7) is 10.9. The van der Waals surface area contributed by atoms with Gasteiger partial charge in [-0.05, 0) is 17.9 Å². The van der Waals surface area contributed by atoms with Crippen molar-refractivity contribution in [1.29, 1.82) is 0 Å². The number of nitrogens with zero attached hydrogens (tertiary/aromatic N) is 1. The minimum absolute atomic E-state index is 0.0634. The molecule has 0 radical (unpaired) electrons. The normalized spacial score (nSPS) is 20.1. The van der Waals surface area contributed by atoms with E-state index >= 15 is 0 Å². The van der Waals surface area contributed by atoms with Crippen LogP contribution in [0.2, 0.25) is 0 Å². The van der Waals surface area contributed by atoms with Crippen molar-refractivity contribution in [2.24, 2.45) is 5.92 Å². The van der Waals surface area contributed by atoms with Crippen LogP contribution in [-0.2, 0) is 9.53 Å². The average molecular weight is 332 g/mol. The first-order chi connectivity index (χ1) is 11.6. The Labute approximate surface area is 146 Å². The lowest BCUT2D eigenvalue weighted by molar-refractivity contribution is -0.124. The molecule has 4 heteroatoms. The second-order valence-corrected chi connectivity index (χ2v) is 7.14. The maximum absolute atomic E-state index is 12.7. The molecule has 2 rings (SSSR count). The molecular formula is C20H32N2O2. The predicted molar refractivity (Wildman–Crippen MR) is 98.1 cm³/mol. The third kappa shape index (κ3) is 5.91. The molecule has 1 aromatic rings. The number of nitrogens with one attached hydrogen (secondary N) is 1. The van der Waals surface area contributed by atoms with E-state index in [0.29, 0.717) is 12.5 Å². The van der Waals surface area contributed by atoms with Crippen molar-refractivity contribution < 1.29 is 9.53 Å². The predicted octanol–water partition coefficient (Wildman–Crippen LogP) is 3.04. The summed E-state index contributed by atoms with van der Waals surface area (Å²) in [6.07, 6.45) is 1.97. The summed E-state index contributed by atoms with van der Waals surface area (Å²) in [7, 11) is 0. The van der Waals surface area contributed by atoms with E-state index in [1.807, 2.05) is 30.3 Å². The lowest BCUT2D eigenvalue weighted by atomic mass is 9.93. The van der Waals surface area contributed by atoms with Crippen LogP contribution in [0.4, 0.5) is 0 Å². The first-order valence-corrected chi connectivity index (χ1v) is 9.26. The van der Waals surface area contributed by atoms with Crippen molar-refractivity contribution in [3.05, 3.63) is 35.9 Å². The van der Waals surface area contributed by atoms with Crippen molar-refractivity contribution >= 4 is 5.91 Å². The van der Waals surface area contributed by atoms with Gasteiger partial charge in [-0.2, -0.15) is 0 Å².